The molecule has 0 bridgehead atoms. The van der Waals surface area contributed by atoms with Crippen molar-refractivity contribution >= 4 is 16.5 Å². The van der Waals surface area contributed by atoms with Gasteiger partial charge < -0.3 is 10.1 Å². The van der Waals surface area contributed by atoms with E-state index in [2.05, 4.69) is 46.5 Å². The van der Waals surface area contributed by atoms with Crippen LogP contribution >= 0.6 is 11.3 Å². The van der Waals surface area contributed by atoms with E-state index in [1.54, 1.807) is 18.4 Å². The van der Waals surface area contributed by atoms with Crippen LogP contribution in [-0.4, -0.2) is 35.8 Å². The Hall–Kier alpha value is -1.66. The quantitative estimate of drug-likeness (QED) is 0.812. The molecule has 0 aliphatic carbocycles. The lowest BCUT2D eigenvalue weighted by Gasteiger charge is -2.15. The number of rotatable bonds is 8. The molecule has 0 fully saturated rings. The summed E-state index contributed by atoms with van der Waals surface area (Å²) in [6.07, 6.45) is 1.09. The van der Waals surface area contributed by atoms with Gasteiger partial charge in [-0.1, -0.05) is 30.4 Å². The number of anilines is 1. The van der Waals surface area contributed by atoms with E-state index in [4.69, 9.17) is 4.74 Å². The molecule has 21 heavy (non-hydrogen) atoms. The topological polar surface area (TPSA) is 50.3 Å². The Morgan fingerprint density at radius 1 is 1.29 bits per heavy atom. The van der Waals surface area contributed by atoms with Gasteiger partial charge in [0.2, 0.25) is 5.13 Å². The van der Waals surface area contributed by atoms with Gasteiger partial charge in [0.1, 0.15) is 10.8 Å². The summed E-state index contributed by atoms with van der Waals surface area (Å²) in [6.45, 7) is 4.72. The van der Waals surface area contributed by atoms with Crippen LogP contribution < -0.4 is 10.1 Å². The largest absolute Gasteiger partial charge is 0.497 e. The van der Waals surface area contributed by atoms with Gasteiger partial charge in [0, 0.05) is 13.1 Å². The molecule has 1 N–H and O–H groups in total. The summed E-state index contributed by atoms with van der Waals surface area (Å²) in [5, 5.41) is 13.6. The van der Waals surface area contributed by atoms with Gasteiger partial charge in [-0.05, 0) is 31.2 Å². The normalized spacial score (nSPS) is 10.9. The Kier molecular flexibility index (Phi) is 5.95. The summed E-state index contributed by atoms with van der Waals surface area (Å²) in [6, 6.07) is 8.14. The van der Waals surface area contributed by atoms with Crippen molar-refractivity contribution in [2.24, 2.45) is 0 Å². The lowest BCUT2D eigenvalue weighted by Crippen LogP contribution is -2.17. The summed E-state index contributed by atoms with van der Waals surface area (Å²) >= 11 is 1.62. The van der Waals surface area contributed by atoms with E-state index in [0.717, 1.165) is 41.9 Å². The van der Waals surface area contributed by atoms with Crippen LogP contribution in [0, 0.1) is 0 Å². The fraction of sp³-hybridized carbons (Fsp3) is 0.467. The maximum atomic E-state index is 5.25. The predicted octanol–water partition coefficient (Wildman–Crippen LogP) is 3.00. The van der Waals surface area contributed by atoms with Crippen LogP contribution in [0.1, 0.15) is 23.9 Å². The first kappa shape index (κ1) is 15.7. The third kappa shape index (κ3) is 4.99. The van der Waals surface area contributed by atoms with Gasteiger partial charge in [-0.15, -0.1) is 10.2 Å². The zero-order chi connectivity index (χ0) is 15.1. The fourth-order valence-electron chi connectivity index (χ4n) is 1.99. The molecule has 1 heterocycles. The van der Waals surface area contributed by atoms with Gasteiger partial charge in [-0.25, -0.2) is 0 Å². The van der Waals surface area contributed by atoms with Crippen molar-refractivity contribution < 1.29 is 4.74 Å². The van der Waals surface area contributed by atoms with E-state index in [1.807, 2.05) is 12.1 Å². The van der Waals surface area contributed by atoms with Crippen molar-refractivity contribution in [1.29, 1.82) is 0 Å². The first-order valence-corrected chi connectivity index (χ1v) is 7.90. The SMILES string of the molecule is CCCNc1nnc(CN(C)Cc2cccc(OC)c2)s1. The van der Waals surface area contributed by atoms with Crippen LogP contribution in [-0.2, 0) is 13.1 Å². The second-order valence-corrected chi connectivity index (χ2v) is 6.01. The molecule has 2 aromatic rings. The highest BCUT2D eigenvalue weighted by molar-refractivity contribution is 7.15. The van der Waals surface area contributed by atoms with Crippen LogP contribution in [0.15, 0.2) is 24.3 Å². The highest BCUT2D eigenvalue weighted by atomic mass is 32.1. The van der Waals surface area contributed by atoms with Crippen molar-refractivity contribution in [2.75, 3.05) is 26.0 Å². The smallest absolute Gasteiger partial charge is 0.205 e. The fourth-order valence-corrected chi connectivity index (χ4v) is 2.84. The zero-order valence-corrected chi connectivity index (χ0v) is 13.6. The van der Waals surface area contributed by atoms with Crippen molar-refractivity contribution in [3.63, 3.8) is 0 Å². The maximum absolute atomic E-state index is 5.25. The summed E-state index contributed by atoms with van der Waals surface area (Å²) in [4.78, 5) is 2.22. The number of ether oxygens (including phenoxy) is 1. The van der Waals surface area contributed by atoms with Gasteiger partial charge in [-0.3, -0.25) is 4.90 Å². The number of hydrogen-bond acceptors (Lipinski definition) is 6. The number of hydrogen-bond donors (Lipinski definition) is 1. The summed E-state index contributed by atoms with van der Waals surface area (Å²) in [5.74, 6) is 0.892. The average Bonchev–Trinajstić information content (AvgIpc) is 2.92. The first-order chi connectivity index (χ1) is 10.2. The number of nitrogens with zero attached hydrogens (tertiary/aromatic N) is 3. The molecule has 0 atom stereocenters. The predicted molar refractivity (Wildman–Crippen MR) is 86.9 cm³/mol. The highest BCUT2D eigenvalue weighted by Gasteiger charge is 2.08. The minimum atomic E-state index is 0.794. The van der Waals surface area contributed by atoms with E-state index in [-0.39, 0.29) is 0 Å². The molecule has 1 aromatic heterocycles. The van der Waals surface area contributed by atoms with Crippen LogP contribution in [0.5, 0.6) is 5.75 Å². The van der Waals surface area contributed by atoms with Gasteiger partial charge in [0.15, 0.2) is 0 Å². The molecule has 5 nitrogen and oxygen atoms in total. The third-order valence-corrected chi connectivity index (χ3v) is 3.85. The second kappa shape index (κ2) is 7.95. The van der Waals surface area contributed by atoms with Crippen molar-refractivity contribution in [3.8, 4) is 5.75 Å². The summed E-state index contributed by atoms with van der Waals surface area (Å²) < 4.78 is 5.25. The first-order valence-electron chi connectivity index (χ1n) is 7.09. The highest BCUT2D eigenvalue weighted by Crippen LogP contribution is 2.18. The summed E-state index contributed by atoms with van der Waals surface area (Å²) in [7, 11) is 3.77. The molecule has 0 saturated carbocycles. The standard InChI is InChI=1S/C15H22N4OS/c1-4-8-16-15-18-17-14(21-15)11-19(2)10-12-6-5-7-13(9-12)20-3/h5-7,9H,4,8,10-11H2,1-3H3,(H,16,18). The monoisotopic (exact) mass is 306 g/mol. The number of benzene rings is 1. The molecule has 1 aromatic carbocycles. The molecule has 114 valence electrons. The van der Waals surface area contributed by atoms with E-state index < -0.39 is 0 Å². The van der Waals surface area contributed by atoms with Crippen molar-refractivity contribution in [3.05, 3.63) is 34.8 Å². The minimum absolute atomic E-state index is 0.794. The second-order valence-electron chi connectivity index (χ2n) is 4.95. The Bertz CT molecular complexity index is 558. The van der Waals surface area contributed by atoms with E-state index in [1.165, 1.54) is 5.56 Å². The Morgan fingerprint density at radius 2 is 2.14 bits per heavy atom. The van der Waals surface area contributed by atoms with Gasteiger partial charge in [0.05, 0.1) is 13.7 Å². The molecular formula is C15H22N4OS. The number of nitrogens with one attached hydrogen (secondary N) is 1. The number of aromatic nitrogens is 2. The summed E-state index contributed by atoms with van der Waals surface area (Å²) in [5.41, 5.74) is 1.23. The molecule has 6 heteroatoms. The van der Waals surface area contributed by atoms with Gasteiger partial charge in [-0.2, -0.15) is 0 Å². The van der Waals surface area contributed by atoms with Gasteiger partial charge >= 0.3 is 0 Å². The molecule has 2 rings (SSSR count). The van der Waals surface area contributed by atoms with Crippen LogP contribution in [0.3, 0.4) is 0 Å². The van der Waals surface area contributed by atoms with E-state index in [9.17, 15) is 0 Å². The molecule has 0 aliphatic heterocycles. The van der Waals surface area contributed by atoms with Crippen LogP contribution in [0.2, 0.25) is 0 Å². The Morgan fingerprint density at radius 3 is 2.90 bits per heavy atom. The van der Waals surface area contributed by atoms with E-state index >= 15 is 0 Å². The number of methoxy groups -OCH3 is 1. The molecule has 0 aliphatic rings. The van der Waals surface area contributed by atoms with Crippen LogP contribution in [0.25, 0.3) is 0 Å². The molecule has 0 amide bonds. The molecule has 0 radical (unpaired) electrons. The molecular weight excluding hydrogens is 284 g/mol. The zero-order valence-electron chi connectivity index (χ0n) is 12.8. The lowest BCUT2D eigenvalue weighted by molar-refractivity contribution is 0.317. The van der Waals surface area contributed by atoms with Crippen molar-refractivity contribution in [2.45, 2.75) is 26.4 Å². The van der Waals surface area contributed by atoms with Crippen molar-refractivity contribution in [1.82, 2.24) is 15.1 Å². The third-order valence-electron chi connectivity index (χ3n) is 2.98. The minimum Gasteiger partial charge on any atom is -0.497 e. The maximum Gasteiger partial charge on any atom is 0.205 e. The van der Waals surface area contributed by atoms with E-state index in [0.29, 0.717) is 0 Å². The van der Waals surface area contributed by atoms with Crippen LogP contribution in [0.4, 0.5) is 5.13 Å². The van der Waals surface area contributed by atoms with Gasteiger partial charge in [0.25, 0.3) is 0 Å². The average molecular weight is 306 g/mol. The lowest BCUT2D eigenvalue weighted by atomic mass is 10.2. The Labute approximate surface area is 130 Å². The molecule has 0 saturated heterocycles. The molecule has 0 spiro atoms. The molecule has 0 unspecified atom stereocenters. The Balaban J connectivity index is 1.88.